The van der Waals surface area contributed by atoms with Crippen LogP contribution in [0, 0.1) is 17.8 Å². The third kappa shape index (κ3) is 10.5. The Morgan fingerprint density at radius 1 is 0.879 bits per heavy atom. The molecular formula is C39H51N9O9S. The molecule has 18 nitrogen and oxygen atoms in total. The van der Waals surface area contributed by atoms with Gasteiger partial charge in [0.2, 0.25) is 33.7 Å². The summed E-state index contributed by atoms with van der Waals surface area (Å²) in [6.07, 6.45) is 8.06. The number of carbonyl (C=O) groups excluding carboxylic acids is 5. The number of nitrogens with zero attached hydrogens (tertiary/aromatic N) is 2. The molecule has 0 spiro atoms. The number of nitrogens with one attached hydrogen (secondary N) is 5. The molecule has 4 saturated carbocycles. The molecule has 5 amide bonds. The first kappa shape index (κ1) is 42.1. The maximum absolute atomic E-state index is 13.2. The molecule has 7 rings (SSSR count). The predicted molar refractivity (Wildman–Crippen MR) is 212 cm³/mol. The topological polar surface area (TPSA) is 285 Å². The van der Waals surface area contributed by atoms with Gasteiger partial charge in [0.25, 0.3) is 5.91 Å². The molecule has 2 atom stereocenters. The van der Waals surface area contributed by atoms with Crippen LogP contribution in [-0.2, 0) is 34.0 Å². The van der Waals surface area contributed by atoms with Crippen molar-refractivity contribution < 1.29 is 42.3 Å². The van der Waals surface area contributed by atoms with Gasteiger partial charge in [-0.2, -0.15) is 4.31 Å². The standard InChI is InChI=1S/C39H51N9O9S/c40-38(41)45-28-16-26(15-27(17-28)44-32(49)9-4-10-33(50)47-39-18-23-12-24(19-39)14-25(13-23)20-39)35(52)43-22-34(51)42-21-30(37(54)55)46-36(53)31-8-5-11-48(31)58(56,57)29-6-2-1-3-7-29/h1-3,6-7,15-17,23-25,30-31H,4-5,8-14,18-22H2,(H,42,51)(H,43,52)(H,44,49)(H,46,53)(H,47,50)(H,54,55)(H4,40,41,45)/t23?,24?,25?,30-,31-,39?/m0/s1. The summed E-state index contributed by atoms with van der Waals surface area (Å²) in [5, 5.41) is 22.8. The Morgan fingerprint density at radius 2 is 1.53 bits per heavy atom. The number of carboxylic acid groups (broad SMARTS) is 1. The van der Waals surface area contributed by atoms with Crippen LogP contribution in [0.1, 0.15) is 81.0 Å². The quantitative estimate of drug-likeness (QED) is 0.0825. The monoisotopic (exact) mass is 821 g/mol. The molecule has 4 aliphatic carbocycles. The second kappa shape index (κ2) is 17.9. The number of amides is 5. The van der Waals surface area contributed by atoms with Crippen molar-refractivity contribution in [2.75, 3.05) is 25.0 Å². The van der Waals surface area contributed by atoms with E-state index in [2.05, 4.69) is 31.6 Å². The van der Waals surface area contributed by atoms with Crippen LogP contribution in [0.15, 0.2) is 58.4 Å². The third-order valence-corrected chi connectivity index (χ3v) is 13.3. The molecule has 4 bridgehead atoms. The maximum atomic E-state index is 13.2. The highest BCUT2D eigenvalue weighted by Crippen LogP contribution is 2.55. The highest BCUT2D eigenvalue weighted by atomic mass is 32.2. The SMILES string of the molecule is NC(N)=Nc1cc(NC(=O)CCCC(=O)NC23CC4CC(CC(C4)C2)C3)cc(C(=O)NCC(=O)NC[C@H](NC(=O)[C@@H]2CCCN2S(=O)(=O)c2ccccc2)C(=O)O)c1. The minimum atomic E-state index is -4.02. The van der Waals surface area contributed by atoms with Crippen molar-refractivity contribution in [1.29, 1.82) is 0 Å². The van der Waals surface area contributed by atoms with Crippen molar-refractivity contribution >= 4 is 62.9 Å². The lowest BCUT2D eigenvalue weighted by Crippen LogP contribution is -2.59. The van der Waals surface area contributed by atoms with Crippen LogP contribution in [0.3, 0.4) is 0 Å². The summed E-state index contributed by atoms with van der Waals surface area (Å²) in [7, 11) is -4.02. The van der Waals surface area contributed by atoms with Crippen molar-refractivity contribution in [1.82, 2.24) is 25.6 Å². The number of carbonyl (C=O) groups is 6. The lowest BCUT2D eigenvalue weighted by molar-refractivity contribution is -0.142. The van der Waals surface area contributed by atoms with Crippen LogP contribution in [-0.4, -0.2) is 96.6 Å². The average molecular weight is 822 g/mol. The maximum Gasteiger partial charge on any atom is 0.328 e. The normalized spacial score (nSPS) is 23.9. The summed E-state index contributed by atoms with van der Waals surface area (Å²) in [5.74, 6) is -2.50. The number of rotatable bonds is 17. The summed E-state index contributed by atoms with van der Waals surface area (Å²) in [6.45, 7) is -1.08. The first-order chi connectivity index (χ1) is 27.6. The van der Waals surface area contributed by atoms with Crippen LogP contribution >= 0.6 is 0 Å². The number of aliphatic carboxylic acids is 1. The number of anilines is 1. The highest BCUT2D eigenvalue weighted by molar-refractivity contribution is 7.89. The molecular weight excluding hydrogens is 771 g/mol. The first-order valence-electron chi connectivity index (χ1n) is 19.6. The van der Waals surface area contributed by atoms with E-state index in [1.165, 1.54) is 49.6 Å². The van der Waals surface area contributed by atoms with Crippen molar-refractivity contribution in [2.24, 2.45) is 34.2 Å². The molecule has 5 fully saturated rings. The smallest absolute Gasteiger partial charge is 0.328 e. The molecule has 1 saturated heterocycles. The number of guanidine groups is 1. The van der Waals surface area contributed by atoms with Gasteiger partial charge in [0.15, 0.2) is 5.96 Å². The van der Waals surface area contributed by atoms with Gasteiger partial charge in [0, 0.05) is 42.7 Å². The minimum absolute atomic E-state index is 0.00171. The number of hydrogen-bond acceptors (Lipinski definition) is 9. The predicted octanol–water partition coefficient (Wildman–Crippen LogP) is 1.05. The van der Waals surface area contributed by atoms with E-state index < -0.39 is 64.8 Å². The fraction of sp³-hybridized carbons (Fsp3) is 0.513. The van der Waals surface area contributed by atoms with Gasteiger partial charge in [0.05, 0.1) is 17.1 Å². The summed E-state index contributed by atoms with van der Waals surface area (Å²) in [6, 6.07) is 8.96. The third-order valence-electron chi connectivity index (χ3n) is 11.4. The molecule has 19 heteroatoms. The molecule has 58 heavy (non-hydrogen) atoms. The Kier molecular flexibility index (Phi) is 13.0. The van der Waals surface area contributed by atoms with Crippen LogP contribution in [0.4, 0.5) is 11.4 Å². The summed E-state index contributed by atoms with van der Waals surface area (Å²) < 4.78 is 27.4. The Labute approximate surface area is 336 Å². The van der Waals surface area contributed by atoms with Crippen LogP contribution in [0.5, 0.6) is 0 Å². The number of hydrogen-bond donors (Lipinski definition) is 8. The number of aliphatic imine (C=N–C) groups is 1. The van der Waals surface area contributed by atoms with Gasteiger partial charge in [-0.1, -0.05) is 18.2 Å². The Hall–Kier alpha value is -5.56. The molecule has 1 heterocycles. The molecule has 0 aromatic heterocycles. The van der Waals surface area contributed by atoms with Crippen LogP contribution in [0.2, 0.25) is 0 Å². The van der Waals surface area contributed by atoms with Crippen LogP contribution in [0.25, 0.3) is 0 Å². The van der Waals surface area contributed by atoms with E-state index in [1.807, 2.05) is 0 Å². The van der Waals surface area contributed by atoms with E-state index in [0.717, 1.165) is 23.6 Å². The molecule has 5 aliphatic rings. The van der Waals surface area contributed by atoms with Gasteiger partial charge in [-0.25, -0.2) is 18.2 Å². The van der Waals surface area contributed by atoms with Gasteiger partial charge >= 0.3 is 5.97 Å². The van der Waals surface area contributed by atoms with Crippen molar-refractivity contribution in [2.45, 2.75) is 93.1 Å². The second-order valence-corrected chi connectivity index (χ2v) is 17.8. The number of sulfonamides is 1. The van der Waals surface area contributed by atoms with Crippen molar-refractivity contribution in [3.8, 4) is 0 Å². The Bertz CT molecular complexity index is 2020. The van der Waals surface area contributed by atoms with Gasteiger partial charge in [-0.05, 0) is 106 Å². The zero-order valence-corrected chi connectivity index (χ0v) is 32.9. The molecule has 0 unspecified atom stereocenters. The second-order valence-electron chi connectivity index (χ2n) is 15.9. The zero-order valence-electron chi connectivity index (χ0n) is 32.1. The average Bonchev–Trinajstić information content (AvgIpc) is 3.66. The fourth-order valence-electron chi connectivity index (χ4n) is 9.31. The van der Waals surface area contributed by atoms with Gasteiger partial charge < -0.3 is 43.2 Å². The van der Waals surface area contributed by atoms with E-state index in [9.17, 15) is 42.3 Å². The molecule has 312 valence electrons. The number of nitrogens with two attached hydrogens (primary N) is 2. The van der Waals surface area contributed by atoms with Crippen molar-refractivity contribution in [3.05, 3.63) is 54.1 Å². The van der Waals surface area contributed by atoms with E-state index in [1.54, 1.807) is 18.2 Å². The van der Waals surface area contributed by atoms with Crippen molar-refractivity contribution in [3.63, 3.8) is 0 Å². The highest BCUT2D eigenvalue weighted by Gasteiger charge is 2.51. The summed E-state index contributed by atoms with van der Waals surface area (Å²) in [5.41, 5.74) is 11.3. The molecule has 10 N–H and O–H groups in total. The fourth-order valence-corrected chi connectivity index (χ4v) is 11.0. The van der Waals surface area contributed by atoms with E-state index in [-0.39, 0.29) is 65.0 Å². The van der Waals surface area contributed by atoms with E-state index in [4.69, 9.17) is 11.5 Å². The van der Waals surface area contributed by atoms with E-state index in [0.29, 0.717) is 30.6 Å². The van der Waals surface area contributed by atoms with E-state index >= 15 is 0 Å². The number of benzene rings is 2. The van der Waals surface area contributed by atoms with Crippen LogP contribution < -0.4 is 38.1 Å². The number of carboxylic acids is 1. The summed E-state index contributed by atoms with van der Waals surface area (Å²) >= 11 is 0. The Balaban J connectivity index is 0.972. The lowest BCUT2D eigenvalue weighted by atomic mass is 9.53. The molecule has 1 aliphatic heterocycles. The minimum Gasteiger partial charge on any atom is -0.480 e. The molecule has 2 aromatic rings. The lowest BCUT2D eigenvalue weighted by Gasteiger charge is -2.56. The zero-order chi connectivity index (χ0) is 41.6. The largest absolute Gasteiger partial charge is 0.480 e. The molecule has 0 radical (unpaired) electrons. The Morgan fingerprint density at radius 3 is 2.17 bits per heavy atom. The van der Waals surface area contributed by atoms with Gasteiger partial charge in [-0.3, -0.25) is 24.0 Å². The molecule has 2 aromatic carbocycles. The summed E-state index contributed by atoms with van der Waals surface area (Å²) in [4.78, 5) is 80.7. The van der Waals surface area contributed by atoms with Gasteiger partial charge in [0.1, 0.15) is 12.1 Å². The van der Waals surface area contributed by atoms with Gasteiger partial charge in [-0.15, -0.1) is 0 Å². The first-order valence-corrected chi connectivity index (χ1v) is 21.0.